The van der Waals surface area contributed by atoms with Gasteiger partial charge in [-0.1, -0.05) is 24.3 Å². The summed E-state index contributed by atoms with van der Waals surface area (Å²) >= 11 is 0. The Morgan fingerprint density at radius 2 is 1.73 bits per heavy atom. The van der Waals surface area contributed by atoms with E-state index in [0.29, 0.717) is 11.2 Å². The summed E-state index contributed by atoms with van der Waals surface area (Å²) in [6, 6.07) is 10.8. The third-order valence-corrected chi connectivity index (χ3v) is 2.19. The van der Waals surface area contributed by atoms with Gasteiger partial charge in [0, 0.05) is 5.69 Å². The topological polar surface area (TPSA) is 66.5 Å². The summed E-state index contributed by atoms with van der Waals surface area (Å²) < 4.78 is 0. The van der Waals surface area contributed by atoms with Crippen molar-refractivity contribution in [2.45, 2.75) is 0 Å². The van der Waals surface area contributed by atoms with E-state index in [9.17, 15) is 0 Å². The molecule has 0 saturated heterocycles. The molecule has 0 aliphatic heterocycles. The molecule has 0 bridgehead atoms. The van der Waals surface area contributed by atoms with Crippen LogP contribution in [-0.2, 0) is 0 Å². The maximum absolute atomic E-state index is 9.15. The minimum Gasteiger partial charge on any atom is -0.423 e. The normalized spacial score (nSPS) is 9.73. The van der Waals surface area contributed by atoms with Crippen molar-refractivity contribution < 1.29 is 10.0 Å². The molecule has 0 fully saturated rings. The Kier molecular flexibility index (Phi) is 3.58. The molecule has 2 rings (SSSR count). The largest absolute Gasteiger partial charge is 0.489 e. The number of hydrogen-bond acceptors (Lipinski definition) is 3. The lowest BCUT2D eigenvalue weighted by Crippen LogP contribution is -2.30. The van der Waals surface area contributed by atoms with E-state index in [-0.39, 0.29) is 12.4 Å². The fraction of sp³-hybridized carbons (Fsp3) is 0. The Bertz CT molecular complexity index is 476. The van der Waals surface area contributed by atoms with Crippen LogP contribution in [0, 0.1) is 0 Å². The van der Waals surface area contributed by atoms with Gasteiger partial charge < -0.3 is 15.8 Å². The first-order valence-electron chi connectivity index (χ1n) is 4.33. The summed E-state index contributed by atoms with van der Waals surface area (Å²) in [5, 5.41) is 20.0. The van der Waals surface area contributed by atoms with Crippen molar-refractivity contribution in [3.8, 4) is 0 Å². The van der Waals surface area contributed by atoms with E-state index in [1.807, 2.05) is 24.3 Å². The molecule has 0 heterocycles. The molecule has 4 N–H and O–H groups in total. The standard InChI is InChI=1S/C10H10BNO2.ClH/c12-8-5-7-3-1-2-4-9(7)10(6-8)11(13)14;/h1-6,13-14H,12H2;1H. The molecule has 0 saturated carbocycles. The van der Waals surface area contributed by atoms with Crippen molar-refractivity contribution in [1.82, 2.24) is 0 Å². The molecule has 0 atom stereocenters. The molecular formula is C10H11BClNO2. The highest BCUT2D eigenvalue weighted by Crippen LogP contribution is 2.15. The van der Waals surface area contributed by atoms with Gasteiger partial charge in [0.05, 0.1) is 0 Å². The predicted octanol–water partition coefficient (Wildman–Crippen LogP) is 0.524. The van der Waals surface area contributed by atoms with Crippen LogP contribution in [0.15, 0.2) is 36.4 Å². The molecule has 0 radical (unpaired) electrons. The van der Waals surface area contributed by atoms with Crippen LogP contribution < -0.4 is 11.2 Å². The fourth-order valence-electron chi connectivity index (χ4n) is 1.58. The first-order chi connectivity index (χ1) is 6.68. The molecule has 2 aromatic rings. The van der Waals surface area contributed by atoms with E-state index in [1.165, 1.54) is 0 Å². The number of benzene rings is 2. The minimum absolute atomic E-state index is 0. The van der Waals surface area contributed by atoms with Crippen molar-refractivity contribution in [1.29, 1.82) is 0 Å². The van der Waals surface area contributed by atoms with Gasteiger partial charge in [-0.25, -0.2) is 0 Å². The molecule has 2 aromatic carbocycles. The maximum atomic E-state index is 9.15. The average Bonchev–Trinajstić information content (AvgIpc) is 2.16. The van der Waals surface area contributed by atoms with E-state index < -0.39 is 7.12 Å². The van der Waals surface area contributed by atoms with Crippen LogP contribution >= 0.6 is 12.4 Å². The smallest absolute Gasteiger partial charge is 0.423 e. The molecule has 3 nitrogen and oxygen atoms in total. The van der Waals surface area contributed by atoms with Gasteiger partial charge in [-0.05, 0) is 28.4 Å². The number of nitrogens with two attached hydrogens (primary N) is 1. The molecule has 0 unspecified atom stereocenters. The Balaban J connectivity index is 0.00000112. The van der Waals surface area contributed by atoms with Gasteiger partial charge in [0.1, 0.15) is 0 Å². The highest BCUT2D eigenvalue weighted by Gasteiger charge is 2.14. The monoisotopic (exact) mass is 223 g/mol. The highest BCUT2D eigenvalue weighted by molar-refractivity contribution is 6.62. The van der Waals surface area contributed by atoms with Gasteiger partial charge >= 0.3 is 7.12 Å². The van der Waals surface area contributed by atoms with Crippen LogP contribution in [0.2, 0.25) is 0 Å². The van der Waals surface area contributed by atoms with Gasteiger partial charge in [-0.2, -0.15) is 0 Å². The van der Waals surface area contributed by atoms with Crippen LogP contribution in [0.3, 0.4) is 0 Å². The number of nitrogen functional groups attached to an aromatic ring is 1. The van der Waals surface area contributed by atoms with Crippen molar-refractivity contribution in [2.24, 2.45) is 0 Å². The van der Waals surface area contributed by atoms with Gasteiger partial charge in [0.15, 0.2) is 0 Å². The minimum atomic E-state index is -1.48. The molecule has 78 valence electrons. The molecule has 5 heteroatoms. The number of rotatable bonds is 1. The molecule has 0 amide bonds. The molecule has 0 aliphatic carbocycles. The first-order valence-corrected chi connectivity index (χ1v) is 4.33. The summed E-state index contributed by atoms with van der Waals surface area (Å²) in [6.45, 7) is 0. The molecular weight excluding hydrogens is 212 g/mol. The second-order valence-corrected chi connectivity index (χ2v) is 3.20. The summed E-state index contributed by atoms with van der Waals surface area (Å²) in [5.74, 6) is 0. The molecule has 0 aromatic heterocycles. The van der Waals surface area contributed by atoms with Crippen LogP contribution in [-0.4, -0.2) is 17.2 Å². The third kappa shape index (κ3) is 2.23. The van der Waals surface area contributed by atoms with Crippen LogP contribution in [0.25, 0.3) is 10.8 Å². The zero-order valence-electron chi connectivity index (χ0n) is 7.92. The average molecular weight is 223 g/mol. The van der Waals surface area contributed by atoms with E-state index >= 15 is 0 Å². The molecule has 0 aliphatic rings. The Morgan fingerprint density at radius 3 is 2.40 bits per heavy atom. The Morgan fingerprint density at radius 1 is 1.07 bits per heavy atom. The lowest BCUT2D eigenvalue weighted by atomic mass is 9.77. The number of halogens is 1. The van der Waals surface area contributed by atoms with Crippen LogP contribution in [0.1, 0.15) is 0 Å². The highest BCUT2D eigenvalue weighted by atomic mass is 35.5. The van der Waals surface area contributed by atoms with Crippen molar-refractivity contribution >= 4 is 41.4 Å². The van der Waals surface area contributed by atoms with Gasteiger partial charge in [0.25, 0.3) is 0 Å². The fourth-order valence-corrected chi connectivity index (χ4v) is 1.58. The van der Waals surface area contributed by atoms with Crippen molar-refractivity contribution in [3.63, 3.8) is 0 Å². The maximum Gasteiger partial charge on any atom is 0.489 e. The summed E-state index contributed by atoms with van der Waals surface area (Å²) in [7, 11) is -1.48. The summed E-state index contributed by atoms with van der Waals surface area (Å²) in [5.41, 5.74) is 6.62. The predicted molar refractivity (Wildman–Crippen MR) is 65.4 cm³/mol. The Labute approximate surface area is 94.1 Å². The lowest BCUT2D eigenvalue weighted by Gasteiger charge is -2.06. The molecule has 0 spiro atoms. The van der Waals surface area contributed by atoms with Crippen LogP contribution in [0.5, 0.6) is 0 Å². The number of anilines is 1. The molecule has 15 heavy (non-hydrogen) atoms. The number of fused-ring (bicyclic) bond motifs is 1. The second kappa shape index (κ2) is 4.53. The van der Waals surface area contributed by atoms with E-state index in [2.05, 4.69) is 0 Å². The third-order valence-electron chi connectivity index (χ3n) is 2.19. The first kappa shape index (κ1) is 11.8. The van der Waals surface area contributed by atoms with E-state index in [0.717, 1.165) is 10.8 Å². The summed E-state index contributed by atoms with van der Waals surface area (Å²) in [4.78, 5) is 0. The van der Waals surface area contributed by atoms with E-state index in [1.54, 1.807) is 12.1 Å². The SMILES string of the molecule is Cl.Nc1cc(B(O)O)c2ccccc2c1. The zero-order chi connectivity index (χ0) is 10.1. The lowest BCUT2D eigenvalue weighted by molar-refractivity contribution is 0.426. The summed E-state index contributed by atoms with van der Waals surface area (Å²) in [6.07, 6.45) is 0. The van der Waals surface area contributed by atoms with Gasteiger partial charge in [-0.15, -0.1) is 12.4 Å². The number of hydrogen-bond donors (Lipinski definition) is 3. The van der Waals surface area contributed by atoms with Crippen molar-refractivity contribution in [3.05, 3.63) is 36.4 Å². The zero-order valence-corrected chi connectivity index (χ0v) is 8.74. The second-order valence-electron chi connectivity index (χ2n) is 3.20. The van der Waals surface area contributed by atoms with Crippen molar-refractivity contribution in [2.75, 3.05) is 5.73 Å². The van der Waals surface area contributed by atoms with Crippen LogP contribution in [0.4, 0.5) is 5.69 Å². The van der Waals surface area contributed by atoms with Gasteiger partial charge in [0.2, 0.25) is 0 Å². The quantitative estimate of drug-likeness (QED) is 0.488. The Hall–Kier alpha value is -1.23. The van der Waals surface area contributed by atoms with E-state index in [4.69, 9.17) is 15.8 Å². The van der Waals surface area contributed by atoms with Gasteiger partial charge in [-0.3, -0.25) is 0 Å².